The van der Waals surface area contributed by atoms with Gasteiger partial charge < -0.3 is 34.9 Å². The quantitative estimate of drug-likeness (QED) is 0.209. The van der Waals surface area contributed by atoms with Crippen molar-refractivity contribution in [3.05, 3.63) is 78.2 Å². The SMILES string of the molecule is COc1ccc(C(C)(C(=O)N2CCC(C)CC2)n2cnc(NC(=O)C(CCCc3ccccc3)NC(=O)C(C)(C)NC(=O)OC(C)(C)C)c2)cc1. The van der Waals surface area contributed by atoms with Crippen LogP contribution in [0.2, 0.25) is 0 Å². The summed E-state index contributed by atoms with van der Waals surface area (Å²) < 4.78 is 12.4. The lowest BCUT2D eigenvalue weighted by Crippen LogP contribution is -2.58. The van der Waals surface area contributed by atoms with Crippen LogP contribution in [0.4, 0.5) is 10.6 Å². The molecule has 0 bridgehead atoms. The maximum Gasteiger partial charge on any atom is 0.408 e. The molecule has 4 amide bonds. The van der Waals surface area contributed by atoms with E-state index in [-0.39, 0.29) is 11.7 Å². The number of rotatable bonds is 13. The summed E-state index contributed by atoms with van der Waals surface area (Å²) in [6, 6.07) is 16.3. The summed E-state index contributed by atoms with van der Waals surface area (Å²) in [5.74, 6) is 0.360. The first-order valence-electron chi connectivity index (χ1n) is 17.7. The molecule has 51 heavy (non-hydrogen) atoms. The Bertz CT molecular complexity index is 1640. The summed E-state index contributed by atoms with van der Waals surface area (Å²) in [4.78, 5) is 60.6. The van der Waals surface area contributed by atoms with Crippen LogP contribution >= 0.6 is 0 Å². The Balaban J connectivity index is 1.56. The highest BCUT2D eigenvalue weighted by Gasteiger charge is 2.41. The Kier molecular flexibility index (Phi) is 12.5. The average molecular weight is 703 g/mol. The van der Waals surface area contributed by atoms with E-state index in [4.69, 9.17) is 9.47 Å². The molecule has 2 unspecified atom stereocenters. The topological polar surface area (TPSA) is 144 Å². The molecule has 1 aromatic heterocycles. The lowest BCUT2D eigenvalue weighted by molar-refractivity contribution is -0.139. The molecule has 1 fully saturated rings. The number of benzene rings is 2. The van der Waals surface area contributed by atoms with Crippen molar-refractivity contribution in [2.75, 3.05) is 25.5 Å². The Labute approximate surface area is 301 Å². The predicted molar refractivity (Wildman–Crippen MR) is 196 cm³/mol. The van der Waals surface area contributed by atoms with E-state index >= 15 is 0 Å². The van der Waals surface area contributed by atoms with Gasteiger partial charge in [0.2, 0.25) is 11.8 Å². The summed E-state index contributed by atoms with van der Waals surface area (Å²) in [6.07, 6.45) is 5.93. The molecule has 4 rings (SSSR count). The van der Waals surface area contributed by atoms with E-state index in [1.807, 2.05) is 66.4 Å². The van der Waals surface area contributed by atoms with Crippen LogP contribution < -0.4 is 20.7 Å². The van der Waals surface area contributed by atoms with Crippen LogP contribution in [0.15, 0.2) is 67.1 Å². The van der Waals surface area contributed by atoms with Crippen LogP contribution in [0.5, 0.6) is 5.75 Å². The van der Waals surface area contributed by atoms with E-state index in [0.29, 0.717) is 44.0 Å². The van der Waals surface area contributed by atoms with Crippen LogP contribution in [0.25, 0.3) is 0 Å². The number of carbonyl (C=O) groups is 4. The van der Waals surface area contributed by atoms with Gasteiger partial charge in [-0.2, -0.15) is 0 Å². The first-order chi connectivity index (χ1) is 24.0. The molecule has 0 aliphatic carbocycles. The van der Waals surface area contributed by atoms with Gasteiger partial charge in [-0.1, -0.05) is 49.4 Å². The first kappa shape index (κ1) is 38.9. The molecule has 1 aliphatic heterocycles. The Morgan fingerprint density at radius 3 is 2.20 bits per heavy atom. The van der Waals surface area contributed by atoms with E-state index in [2.05, 4.69) is 27.9 Å². The number of carbonyl (C=O) groups excluding carboxylic acids is 4. The second-order valence-corrected chi connectivity index (χ2v) is 15.1. The second-order valence-electron chi connectivity index (χ2n) is 15.1. The summed E-state index contributed by atoms with van der Waals surface area (Å²) in [7, 11) is 1.59. The van der Waals surface area contributed by atoms with Crippen molar-refractivity contribution in [1.82, 2.24) is 25.1 Å². The van der Waals surface area contributed by atoms with Gasteiger partial charge in [0.1, 0.15) is 28.5 Å². The van der Waals surface area contributed by atoms with Gasteiger partial charge in [-0.05, 0) is 103 Å². The first-order valence-corrected chi connectivity index (χ1v) is 17.7. The molecule has 1 aliphatic rings. The number of aryl methyl sites for hydroxylation is 1. The van der Waals surface area contributed by atoms with Gasteiger partial charge in [0.25, 0.3) is 5.91 Å². The molecule has 1 saturated heterocycles. The van der Waals surface area contributed by atoms with Gasteiger partial charge in [-0.25, -0.2) is 9.78 Å². The number of methoxy groups -OCH3 is 1. The van der Waals surface area contributed by atoms with Crippen LogP contribution in [0.3, 0.4) is 0 Å². The van der Waals surface area contributed by atoms with Crippen molar-refractivity contribution in [2.24, 2.45) is 5.92 Å². The zero-order valence-corrected chi connectivity index (χ0v) is 31.2. The number of anilines is 1. The highest BCUT2D eigenvalue weighted by atomic mass is 16.6. The van der Waals surface area contributed by atoms with Gasteiger partial charge >= 0.3 is 6.09 Å². The van der Waals surface area contributed by atoms with Crippen molar-refractivity contribution in [1.29, 1.82) is 0 Å². The fraction of sp³-hybridized carbons (Fsp3) is 0.513. The zero-order chi connectivity index (χ0) is 37.4. The normalized spacial score (nSPS) is 15.6. The van der Waals surface area contributed by atoms with Crippen molar-refractivity contribution in [3.63, 3.8) is 0 Å². The largest absolute Gasteiger partial charge is 0.497 e. The monoisotopic (exact) mass is 702 g/mol. The molecular weight excluding hydrogens is 648 g/mol. The van der Waals surface area contributed by atoms with Crippen molar-refractivity contribution < 1.29 is 28.7 Å². The molecule has 0 spiro atoms. The van der Waals surface area contributed by atoms with Gasteiger partial charge in [0.05, 0.1) is 13.4 Å². The van der Waals surface area contributed by atoms with Crippen LogP contribution in [-0.2, 0) is 31.1 Å². The Hall–Kier alpha value is -4.87. The third-order valence-corrected chi connectivity index (χ3v) is 9.29. The van der Waals surface area contributed by atoms with Crippen LogP contribution in [0, 0.1) is 5.92 Å². The molecule has 12 heteroatoms. The van der Waals surface area contributed by atoms with E-state index < -0.39 is 40.6 Å². The smallest absolute Gasteiger partial charge is 0.408 e. The van der Waals surface area contributed by atoms with Crippen molar-refractivity contribution >= 4 is 29.6 Å². The zero-order valence-electron chi connectivity index (χ0n) is 31.2. The lowest BCUT2D eigenvalue weighted by Gasteiger charge is -2.39. The maximum absolute atomic E-state index is 14.3. The number of likely N-dealkylation sites (tertiary alicyclic amines) is 1. The summed E-state index contributed by atoms with van der Waals surface area (Å²) in [5.41, 5.74) is -1.44. The van der Waals surface area contributed by atoms with Gasteiger partial charge in [-0.3, -0.25) is 14.4 Å². The van der Waals surface area contributed by atoms with Crippen molar-refractivity contribution in [3.8, 4) is 5.75 Å². The molecule has 0 radical (unpaired) electrons. The predicted octanol–water partition coefficient (Wildman–Crippen LogP) is 5.66. The fourth-order valence-electron chi connectivity index (χ4n) is 6.04. The minimum atomic E-state index is -1.38. The molecule has 3 aromatic rings. The Morgan fingerprint density at radius 1 is 0.941 bits per heavy atom. The van der Waals surface area contributed by atoms with Crippen LogP contribution in [-0.4, -0.2) is 75.6 Å². The minimum absolute atomic E-state index is 0.0689. The number of imidazole rings is 1. The molecular formula is C39H54N6O6. The molecule has 3 N–H and O–H groups in total. The molecule has 12 nitrogen and oxygen atoms in total. The molecule has 2 heterocycles. The molecule has 2 aromatic carbocycles. The third-order valence-electron chi connectivity index (χ3n) is 9.29. The van der Waals surface area contributed by atoms with E-state index in [0.717, 1.165) is 24.0 Å². The third kappa shape index (κ3) is 10.3. The highest BCUT2D eigenvalue weighted by Crippen LogP contribution is 2.32. The van der Waals surface area contributed by atoms with Gasteiger partial charge in [-0.15, -0.1) is 0 Å². The number of alkyl carbamates (subject to hydrolysis) is 1. The maximum atomic E-state index is 14.3. The van der Waals surface area contributed by atoms with E-state index in [9.17, 15) is 19.2 Å². The van der Waals surface area contributed by atoms with Crippen LogP contribution in [0.1, 0.15) is 85.3 Å². The average Bonchev–Trinajstić information content (AvgIpc) is 3.55. The second kappa shape index (κ2) is 16.4. The number of nitrogens with zero attached hydrogens (tertiary/aromatic N) is 3. The fourth-order valence-corrected chi connectivity index (χ4v) is 6.04. The number of hydrogen-bond donors (Lipinski definition) is 3. The number of piperidine rings is 1. The highest BCUT2D eigenvalue weighted by molar-refractivity contribution is 5.98. The Morgan fingerprint density at radius 2 is 1.59 bits per heavy atom. The number of ether oxygens (including phenoxy) is 2. The standard InChI is InChI=1S/C39H54N6O6/c1-27-21-23-44(24-22-27)35(48)39(7,29-17-19-30(50-8)20-18-29)45-25-32(40-26-45)42-33(46)31(16-12-15-28-13-10-9-11-14-28)41-34(47)38(5,6)43-36(49)51-37(2,3)4/h9-11,13-14,17-20,25-27,31H,12,15-16,21-24H2,1-8H3,(H,41,47)(H,42,46)(H,43,49). The minimum Gasteiger partial charge on any atom is -0.497 e. The summed E-state index contributed by atoms with van der Waals surface area (Å²) in [5, 5.41) is 8.31. The molecule has 2 atom stereocenters. The summed E-state index contributed by atoms with van der Waals surface area (Å²) >= 11 is 0. The number of amides is 4. The van der Waals surface area contributed by atoms with Crippen molar-refractivity contribution in [2.45, 2.75) is 103 Å². The number of nitrogens with one attached hydrogen (secondary N) is 3. The number of aromatic nitrogens is 2. The van der Waals surface area contributed by atoms with Gasteiger partial charge in [0.15, 0.2) is 5.82 Å². The van der Waals surface area contributed by atoms with Gasteiger partial charge in [0, 0.05) is 19.3 Å². The summed E-state index contributed by atoms with van der Waals surface area (Å²) in [6.45, 7) is 13.7. The lowest BCUT2D eigenvalue weighted by atomic mass is 9.88. The van der Waals surface area contributed by atoms with E-state index in [1.165, 1.54) is 0 Å². The number of hydrogen-bond acceptors (Lipinski definition) is 7. The molecule has 0 saturated carbocycles. The van der Waals surface area contributed by atoms with E-state index in [1.54, 1.807) is 58.8 Å². The molecule has 276 valence electrons.